The number of hydrogen-bond acceptors (Lipinski definition) is 24. The molecule has 0 aliphatic carbocycles. The minimum atomic E-state index is -5.73. The molecule has 35 heteroatoms. The molecule has 12 atom stereocenters. The molecule has 2 aliphatic rings. The summed E-state index contributed by atoms with van der Waals surface area (Å²) in [4.78, 5) is 65.8. The molecule has 2 fully saturated rings. The number of alkyl halides is 1. The van der Waals surface area contributed by atoms with E-state index < -0.39 is 95.8 Å². The molecule has 0 radical (unpaired) electrons. The van der Waals surface area contributed by atoms with E-state index in [1.54, 1.807) is 14.1 Å². The highest BCUT2D eigenvalue weighted by atomic mass is 35.5. The third-order valence-corrected chi connectivity index (χ3v) is 20.9. The summed E-state index contributed by atoms with van der Waals surface area (Å²) in [5, 5.41) is 49.9. The first-order valence-corrected chi connectivity index (χ1v) is 28.7. The number of fused-ring (bicyclic) bond motifs is 2. The number of hydrogen-bond donors (Lipinski definition) is 10. The molecule has 4 unspecified atom stereocenters. The maximum atomic E-state index is 13.1. The Labute approximate surface area is 375 Å². The molecule has 0 bridgehead atoms. The van der Waals surface area contributed by atoms with Crippen LogP contribution in [0.5, 0.6) is 0 Å². The normalized spacial score (nSPS) is 28.7. The summed E-state index contributed by atoms with van der Waals surface area (Å²) < 4.78 is 60.0. The average molecular weight is 1050 g/mol. The number of imidazole rings is 2. The van der Waals surface area contributed by atoms with Gasteiger partial charge in [0.2, 0.25) is 4.86 Å². The van der Waals surface area contributed by atoms with Crippen LogP contribution in [0.1, 0.15) is 26.3 Å². The fraction of sp³-hybridized carbons (Fsp3) is 0.630. The fourth-order valence-corrected chi connectivity index (χ4v) is 16.2. The standard InChI is InChI=1S/C27H41ClN10O16P4S4/c1-5-61-26-33-19(29-3)13-21(35-26)37(9-31-13)23-17(41)15(39)11(51-23)7-49-57(47,59)53-55(43,44)25(28)56(45,46)54-58(48,60)50-8-12-16(40)18(42)24(52-12)38-10-32-14-20(30-4)34-27(62-6-2)36-22(14)38/h9-12,15-18,23-25,39-42H,5-8H2,1-4H3,(H,43,44)(H,45,46)(H,47,59)(H,48,60)(H,29,33,35)(H,30,34,36)/t11-,12-,15-,16-,17-,18-,23-,24-,25?,57?,58?/m1/s1. The molecule has 0 saturated carbocycles. The molecule has 6 heterocycles. The number of aromatic nitrogens is 8. The number of ether oxygens (including phenoxy) is 2. The van der Waals surface area contributed by atoms with E-state index in [0.717, 1.165) is 0 Å². The predicted octanol–water partition coefficient (Wildman–Crippen LogP) is 1.61. The van der Waals surface area contributed by atoms with Crippen LogP contribution in [-0.2, 0) is 59.9 Å². The zero-order valence-electron chi connectivity index (χ0n) is 32.4. The SMILES string of the molecule is CCSc1nc(NC)c2ncn([C@@H]3O[C@H](COP(O)(=S)OP(=O)(O)C(Cl)P(=O)(O)OP(O)(=S)OC[C@H]4O[C@@H](n5cnc6c(NC)nc(SCC)nc65)[C@H](O)[C@@H]4O)[C@@H](O)[C@H]3O)c2n1. The second kappa shape index (κ2) is 20.0. The molecule has 10 N–H and O–H groups in total. The Hall–Kier alpha value is -1.11. The summed E-state index contributed by atoms with van der Waals surface area (Å²) in [7, 11) is -8.21. The van der Waals surface area contributed by atoms with Crippen molar-refractivity contribution in [2.24, 2.45) is 0 Å². The van der Waals surface area contributed by atoms with Crippen molar-refractivity contribution in [1.29, 1.82) is 0 Å². The van der Waals surface area contributed by atoms with Crippen molar-refractivity contribution in [1.82, 2.24) is 39.0 Å². The predicted molar refractivity (Wildman–Crippen MR) is 231 cm³/mol. The van der Waals surface area contributed by atoms with Crippen LogP contribution in [0.2, 0.25) is 0 Å². The molecule has 4 aromatic rings. The Morgan fingerprint density at radius 3 is 1.44 bits per heavy atom. The summed E-state index contributed by atoms with van der Waals surface area (Å²) in [5.74, 6) is 2.07. The van der Waals surface area contributed by atoms with Gasteiger partial charge in [-0.15, -0.1) is 0 Å². The molecule has 346 valence electrons. The van der Waals surface area contributed by atoms with Crippen LogP contribution in [0, 0.1) is 0 Å². The molecule has 2 saturated heterocycles. The maximum Gasteiger partial charge on any atom is 0.365 e. The van der Waals surface area contributed by atoms with E-state index in [1.807, 2.05) is 13.8 Å². The Kier molecular flexibility index (Phi) is 16.2. The average Bonchev–Trinajstić information content (AvgIpc) is 3.96. The Morgan fingerprint density at radius 1 is 0.726 bits per heavy atom. The van der Waals surface area contributed by atoms with Gasteiger partial charge in [-0.05, 0) is 35.1 Å². The van der Waals surface area contributed by atoms with Gasteiger partial charge in [0.25, 0.3) is 0 Å². The van der Waals surface area contributed by atoms with Gasteiger partial charge in [0, 0.05) is 14.1 Å². The smallest absolute Gasteiger partial charge is 0.365 e. The Morgan fingerprint density at radius 2 is 1.10 bits per heavy atom. The van der Waals surface area contributed by atoms with Crippen LogP contribution in [0.15, 0.2) is 23.0 Å². The zero-order chi connectivity index (χ0) is 45.5. The minimum absolute atomic E-state index is 0.244. The van der Waals surface area contributed by atoms with Gasteiger partial charge < -0.3 is 69.2 Å². The van der Waals surface area contributed by atoms with Crippen molar-refractivity contribution in [2.45, 2.75) is 78.1 Å². The van der Waals surface area contributed by atoms with Crippen LogP contribution < -0.4 is 10.6 Å². The second-order valence-corrected chi connectivity index (χ2v) is 26.6. The van der Waals surface area contributed by atoms with E-state index in [4.69, 9.17) is 53.7 Å². The Bertz CT molecular complexity index is 2300. The second-order valence-electron chi connectivity index (χ2n) is 12.9. The first kappa shape index (κ1) is 50.3. The number of rotatable bonds is 20. The summed E-state index contributed by atoms with van der Waals surface area (Å²) in [6, 6.07) is 0. The third kappa shape index (κ3) is 10.8. The molecule has 0 amide bonds. The molecule has 26 nitrogen and oxygen atoms in total. The largest absolute Gasteiger partial charge is 0.387 e. The highest BCUT2D eigenvalue weighted by molar-refractivity contribution is 8.09. The number of aliphatic hydroxyl groups is 4. The van der Waals surface area contributed by atoms with Crippen LogP contribution in [0.4, 0.5) is 11.6 Å². The minimum Gasteiger partial charge on any atom is -0.387 e. The number of thioether (sulfide) groups is 2. The van der Waals surface area contributed by atoms with Crippen molar-refractivity contribution in [3.8, 4) is 0 Å². The lowest BCUT2D eigenvalue weighted by Gasteiger charge is -2.27. The summed E-state index contributed by atoms with van der Waals surface area (Å²) in [6.07, 6.45) is -9.48. The van der Waals surface area contributed by atoms with E-state index in [1.165, 1.54) is 45.3 Å². The van der Waals surface area contributed by atoms with Gasteiger partial charge in [-0.1, -0.05) is 49.0 Å². The van der Waals surface area contributed by atoms with Crippen molar-refractivity contribution >= 4 is 121 Å². The lowest BCUT2D eigenvalue weighted by Crippen LogP contribution is -2.33. The van der Waals surface area contributed by atoms with Crippen molar-refractivity contribution in [2.75, 3.05) is 49.4 Å². The summed E-state index contributed by atoms with van der Waals surface area (Å²) >= 11 is 18.2. The number of nitrogens with one attached hydrogen (secondary N) is 2. The fourth-order valence-electron chi connectivity index (χ4n) is 6.04. The lowest BCUT2D eigenvalue weighted by molar-refractivity contribution is -0.0486. The summed E-state index contributed by atoms with van der Waals surface area (Å²) in [5.41, 5.74) is 1.15. The quantitative estimate of drug-likeness (QED) is 0.0260. The number of halogens is 1. The van der Waals surface area contributed by atoms with Gasteiger partial charge in [0.15, 0.2) is 56.7 Å². The van der Waals surface area contributed by atoms with E-state index in [0.29, 0.717) is 44.5 Å². The Balaban J connectivity index is 1.05. The van der Waals surface area contributed by atoms with Gasteiger partial charge >= 0.3 is 28.6 Å². The van der Waals surface area contributed by atoms with Crippen molar-refractivity contribution in [3.05, 3.63) is 12.7 Å². The number of aliphatic hydroxyl groups excluding tert-OH is 4. The van der Waals surface area contributed by atoms with Gasteiger partial charge in [0.05, 0.1) is 25.9 Å². The first-order chi connectivity index (χ1) is 29.1. The first-order valence-electron chi connectivity index (χ1n) is 17.9. The molecule has 62 heavy (non-hydrogen) atoms. The van der Waals surface area contributed by atoms with E-state index in [2.05, 4.69) is 49.2 Å². The van der Waals surface area contributed by atoms with Gasteiger partial charge in [-0.25, -0.2) is 38.5 Å². The third-order valence-electron chi connectivity index (χ3n) is 8.83. The topological polar surface area (TPSA) is 363 Å². The molecule has 4 aromatic heterocycles. The van der Waals surface area contributed by atoms with Gasteiger partial charge in [-0.2, -0.15) is 0 Å². The van der Waals surface area contributed by atoms with Crippen molar-refractivity contribution < 1.29 is 76.3 Å². The monoisotopic (exact) mass is 1050 g/mol. The maximum absolute atomic E-state index is 13.1. The highest BCUT2D eigenvalue weighted by Crippen LogP contribution is 2.76. The van der Waals surface area contributed by atoms with E-state index >= 15 is 0 Å². The highest BCUT2D eigenvalue weighted by Gasteiger charge is 2.53. The van der Waals surface area contributed by atoms with Crippen molar-refractivity contribution in [3.63, 3.8) is 0 Å². The van der Waals surface area contributed by atoms with Crippen LogP contribution in [-0.4, -0.2) is 159 Å². The molecule has 0 spiro atoms. The molecular weight excluding hydrogens is 1010 g/mol. The molecular formula is C27H41ClN10O16P4S4. The lowest BCUT2D eigenvalue weighted by atomic mass is 10.1. The molecule has 6 rings (SSSR count). The molecule has 0 aromatic carbocycles. The zero-order valence-corrected chi connectivity index (χ0v) is 40.0. The summed E-state index contributed by atoms with van der Waals surface area (Å²) in [6.45, 7) is -7.69. The van der Waals surface area contributed by atoms with E-state index in [9.17, 15) is 49.1 Å². The molecule has 2 aliphatic heterocycles. The van der Waals surface area contributed by atoms with Crippen LogP contribution >= 0.6 is 63.8 Å². The number of nitrogens with zero attached hydrogens (tertiary/aromatic N) is 8. The van der Waals surface area contributed by atoms with E-state index in [-0.39, 0.29) is 11.3 Å². The number of anilines is 2. The van der Waals surface area contributed by atoms with Gasteiger partial charge in [0.1, 0.15) is 36.6 Å². The van der Waals surface area contributed by atoms with Crippen LogP contribution in [0.25, 0.3) is 22.3 Å². The van der Waals surface area contributed by atoms with Gasteiger partial charge in [-0.3, -0.25) is 18.3 Å². The van der Waals surface area contributed by atoms with Crippen LogP contribution in [0.3, 0.4) is 0 Å².